The highest BCUT2D eigenvalue weighted by Crippen LogP contribution is 2.21. The van der Waals surface area contributed by atoms with Gasteiger partial charge in [0, 0.05) is 0 Å². The van der Waals surface area contributed by atoms with E-state index in [1.165, 1.54) is 51.4 Å². The van der Waals surface area contributed by atoms with Crippen LogP contribution in [0.25, 0.3) is 0 Å². The van der Waals surface area contributed by atoms with Gasteiger partial charge in [0.15, 0.2) is 0 Å². The van der Waals surface area contributed by atoms with Crippen molar-refractivity contribution in [2.24, 2.45) is 0 Å². The van der Waals surface area contributed by atoms with Gasteiger partial charge in [-0.15, -0.1) is 0 Å². The van der Waals surface area contributed by atoms with Gasteiger partial charge in [-0.3, -0.25) is 4.18 Å². The maximum Gasteiger partial charge on any atom is 0.267 e. The number of hydrogen-bond acceptors (Lipinski definition) is 3. The van der Waals surface area contributed by atoms with Crippen molar-refractivity contribution in [3.05, 3.63) is 0 Å². The van der Waals surface area contributed by atoms with E-state index in [0.717, 1.165) is 12.8 Å². The van der Waals surface area contributed by atoms with Crippen molar-refractivity contribution < 1.29 is 12.6 Å². The molecule has 0 bridgehead atoms. The average molecular weight is 276 g/mol. The van der Waals surface area contributed by atoms with Gasteiger partial charge in [-0.2, -0.15) is 8.42 Å². The molecule has 0 aromatic carbocycles. The molecule has 4 heteroatoms. The summed E-state index contributed by atoms with van der Waals surface area (Å²) in [5, 5.41) is 0. The van der Waals surface area contributed by atoms with Crippen molar-refractivity contribution in [3.63, 3.8) is 0 Å². The van der Waals surface area contributed by atoms with Crippen LogP contribution in [0.5, 0.6) is 0 Å². The smallest absolute Gasteiger partial charge is 0.267 e. The number of rotatable bonds is 10. The molecule has 3 nitrogen and oxygen atoms in total. The van der Waals surface area contributed by atoms with Crippen molar-refractivity contribution in [2.75, 3.05) is 5.75 Å². The molecule has 1 unspecified atom stereocenters. The van der Waals surface area contributed by atoms with Crippen LogP contribution < -0.4 is 0 Å². The molecule has 0 N–H and O–H groups in total. The molecule has 1 aliphatic rings. The van der Waals surface area contributed by atoms with E-state index < -0.39 is 10.1 Å². The van der Waals surface area contributed by atoms with Gasteiger partial charge in [0.05, 0.1) is 11.9 Å². The third kappa shape index (κ3) is 7.37. The van der Waals surface area contributed by atoms with Gasteiger partial charge < -0.3 is 0 Å². The Morgan fingerprint density at radius 3 is 2.00 bits per heavy atom. The largest absolute Gasteiger partial charge is 0.267 e. The second-order valence-electron chi connectivity index (χ2n) is 5.39. The van der Waals surface area contributed by atoms with E-state index in [1.807, 2.05) is 0 Å². The lowest BCUT2D eigenvalue weighted by Gasteiger charge is -2.07. The second-order valence-corrected chi connectivity index (χ2v) is 7.10. The molecule has 0 spiro atoms. The first-order valence-corrected chi connectivity index (χ1v) is 9.13. The fraction of sp³-hybridized carbons (Fsp3) is 1.00. The van der Waals surface area contributed by atoms with E-state index in [0.29, 0.717) is 6.42 Å². The third-order valence-electron chi connectivity index (χ3n) is 3.60. The average Bonchev–Trinajstić information content (AvgIpc) is 2.67. The first-order chi connectivity index (χ1) is 8.64. The minimum atomic E-state index is -3.16. The highest BCUT2D eigenvalue weighted by molar-refractivity contribution is 7.86. The van der Waals surface area contributed by atoms with Crippen LogP contribution in [0.1, 0.15) is 77.6 Å². The van der Waals surface area contributed by atoms with Crippen LogP contribution in [0.2, 0.25) is 0 Å². The fourth-order valence-corrected chi connectivity index (χ4v) is 3.71. The quantitative estimate of drug-likeness (QED) is 0.447. The van der Waals surface area contributed by atoms with Gasteiger partial charge in [-0.1, -0.05) is 64.7 Å². The summed E-state index contributed by atoms with van der Waals surface area (Å²) in [6.07, 6.45) is 13.3. The van der Waals surface area contributed by atoms with Gasteiger partial charge in [0.2, 0.25) is 0 Å². The van der Waals surface area contributed by atoms with Crippen LogP contribution in [0, 0.1) is 0 Å². The van der Waals surface area contributed by atoms with Crippen LogP contribution in [0.15, 0.2) is 0 Å². The Kier molecular flexibility index (Phi) is 7.91. The molecular weight excluding hydrogens is 248 g/mol. The van der Waals surface area contributed by atoms with E-state index >= 15 is 0 Å². The maximum absolute atomic E-state index is 11.1. The third-order valence-corrected chi connectivity index (χ3v) is 4.90. The summed E-state index contributed by atoms with van der Waals surface area (Å²) in [5.74, 6) is 0.217. The van der Waals surface area contributed by atoms with E-state index in [4.69, 9.17) is 4.18 Å². The Morgan fingerprint density at radius 2 is 1.50 bits per heavy atom. The normalized spacial score (nSPS) is 22.4. The van der Waals surface area contributed by atoms with Crippen molar-refractivity contribution in [2.45, 2.75) is 83.7 Å². The zero-order valence-electron chi connectivity index (χ0n) is 11.7. The van der Waals surface area contributed by atoms with Gasteiger partial charge in [0.25, 0.3) is 10.1 Å². The van der Waals surface area contributed by atoms with Gasteiger partial charge >= 0.3 is 0 Å². The Morgan fingerprint density at radius 1 is 0.944 bits per heavy atom. The van der Waals surface area contributed by atoms with E-state index in [1.54, 1.807) is 0 Å². The zero-order chi connectivity index (χ0) is 13.3. The predicted molar refractivity (Wildman–Crippen MR) is 75.1 cm³/mol. The molecule has 0 saturated carbocycles. The van der Waals surface area contributed by atoms with Crippen molar-refractivity contribution >= 4 is 10.1 Å². The number of hydrogen-bond donors (Lipinski definition) is 0. The van der Waals surface area contributed by atoms with Crippen LogP contribution in [0.3, 0.4) is 0 Å². The molecule has 0 aliphatic carbocycles. The first-order valence-electron chi connectivity index (χ1n) is 7.55. The van der Waals surface area contributed by atoms with Gasteiger partial charge in [0.1, 0.15) is 0 Å². The molecule has 108 valence electrons. The highest BCUT2D eigenvalue weighted by atomic mass is 32.2. The summed E-state index contributed by atoms with van der Waals surface area (Å²) < 4.78 is 27.2. The van der Waals surface area contributed by atoms with Crippen molar-refractivity contribution in [1.82, 2.24) is 0 Å². The summed E-state index contributed by atoms with van der Waals surface area (Å²) in [5.41, 5.74) is 0. The van der Waals surface area contributed by atoms with Crippen LogP contribution in [0.4, 0.5) is 0 Å². The molecule has 1 fully saturated rings. The second kappa shape index (κ2) is 8.92. The molecule has 1 atom stereocenters. The fourth-order valence-electron chi connectivity index (χ4n) is 2.45. The zero-order valence-corrected chi connectivity index (χ0v) is 12.5. The van der Waals surface area contributed by atoms with E-state index in [9.17, 15) is 8.42 Å². The van der Waals surface area contributed by atoms with Crippen LogP contribution >= 0.6 is 0 Å². The molecule has 1 saturated heterocycles. The lowest BCUT2D eigenvalue weighted by Crippen LogP contribution is -2.06. The molecule has 18 heavy (non-hydrogen) atoms. The molecule has 1 heterocycles. The SMILES string of the molecule is CCCCCCCCCCCC1CCS(=O)(=O)O1. The molecule has 0 amide bonds. The highest BCUT2D eigenvalue weighted by Gasteiger charge is 2.27. The minimum Gasteiger partial charge on any atom is -0.267 e. The molecule has 1 rings (SSSR count). The Bertz CT molecular complexity index is 298. The molecular formula is C14H28O3S. The van der Waals surface area contributed by atoms with Crippen LogP contribution in [-0.4, -0.2) is 20.3 Å². The summed E-state index contributed by atoms with van der Waals surface area (Å²) >= 11 is 0. The van der Waals surface area contributed by atoms with E-state index in [-0.39, 0.29) is 11.9 Å². The lowest BCUT2D eigenvalue weighted by atomic mass is 10.0. The summed E-state index contributed by atoms with van der Waals surface area (Å²) in [6.45, 7) is 2.24. The Balaban J connectivity index is 1.85. The van der Waals surface area contributed by atoms with Gasteiger partial charge in [-0.25, -0.2) is 0 Å². The van der Waals surface area contributed by atoms with Gasteiger partial charge in [-0.05, 0) is 12.8 Å². The van der Waals surface area contributed by atoms with Crippen molar-refractivity contribution in [3.8, 4) is 0 Å². The lowest BCUT2D eigenvalue weighted by molar-refractivity contribution is 0.220. The number of unbranched alkanes of at least 4 members (excludes halogenated alkanes) is 8. The predicted octanol–water partition coefficient (Wildman–Crippen LogP) is 4.03. The molecule has 0 aromatic heterocycles. The van der Waals surface area contributed by atoms with Crippen molar-refractivity contribution in [1.29, 1.82) is 0 Å². The first kappa shape index (κ1) is 16.0. The summed E-state index contributed by atoms with van der Waals surface area (Å²) in [7, 11) is -3.16. The maximum atomic E-state index is 11.1. The molecule has 1 aliphatic heterocycles. The standard InChI is InChI=1S/C14H28O3S/c1-2-3-4-5-6-7-8-9-10-11-14-12-13-18(15,16)17-14/h14H,2-13H2,1H3. The summed E-state index contributed by atoms with van der Waals surface area (Å²) in [6, 6.07) is 0. The minimum absolute atomic E-state index is 0.0282. The Hall–Kier alpha value is -0.0900. The Labute approximate surface area is 112 Å². The monoisotopic (exact) mass is 276 g/mol. The van der Waals surface area contributed by atoms with E-state index in [2.05, 4.69) is 6.92 Å². The van der Waals surface area contributed by atoms with Crippen LogP contribution in [-0.2, 0) is 14.3 Å². The molecule has 0 radical (unpaired) electrons. The molecule has 0 aromatic rings. The topological polar surface area (TPSA) is 43.4 Å². The summed E-state index contributed by atoms with van der Waals surface area (Å²) in [4.78, 5) is 0.